The number of aryl methyl sites for hydroxylation is 1. The predicted molar refractivity (Wildman–Crippen MR) is 134 cm³/mol. The van der Waals surface area contributed by atoms with Crippen LogP contribution in [0.25, 0.3) is 11.0 Å². The number of amides is 1. The minimum Gasteiger partial charge on any atom is -0.493 e. The molecule has 178 valence electrons. The van der Waals surface area contributed by atoms with Gasteiger partial charge < -0.3 is 18.8 Å². The summed E-state index contributed by atoms with van der Waals surface area (Å²) in [6.07, 6.45) is 0.651. The molecule has 1 aromatic heterocycles. The number of carbonyl (C=O) groups excluding carboxylic acids is 1. The fourth-order valence-electron chi connectivity index (χ4n) is 4.73. The van der Waals surface area contributed by atoms with Gasteiger partial charge in [0, 0.05) is 6.54 Å². The van der Waals surface area contributed by atoms with E-state index in [1.165, 1.54) is 0 Å². The van der Waals surface area contributed by atoms with Crippen LogP contribution in [-0.4, -0.2) is 31.1 Å². The van der Waals surface area contributed by atoms with Crippen molar-refractivity contribution in [3.63, 3.8) is 0 Å². The topological polar surface area (TPSA) is 69.0 Å². The smallest absolute Gasteiger partial charge is 0.290 e. The Kier molecular flexibility index (Phi) is 6.03. The Morgan fingerprint density at radius 1 is 0.971 bits per heavy atom. The van der Waals surface area contributed by atoms with Crippen LogP contribution in [0.3, 0.4) is 0 Å². The van der Waals surface area contributed by atoms with Crippen LogP contribution in [0, 0.1) is 6.92 Å². The molecule has 2 heterocycles. The number of fused-ring (bicyclic) bond motifs is 2. The van der Waals surface area contributed by atoms with E-state index in [1.54, 1.807) is 18.1 Å². The number of ether oxygens (including phenoxy) is 2. The van der Waals surface area contributed by atoms with Crippen LogP contribution in [0.5, 0.6) is 11.5 Å². The van der Waals surface area contributed by atoms with Crippen LogP contribution >= 0.6 is 0 Å². The van der Waals surface area contributed by atoms with Gasteiger partial charge in [-0.25, -0.2) is 0 Å². The molecule has 0 saturated carbocycles. The Balaban J connectivity index is 1.66. The lowest BCUT2D eigenvalue weighted by Gasteiger charge is -2.26. The molecule has 0 spiro atoms. The fourth-order valence-corrected chi connectivity index (χ4v) is 4.73. The van der Waals surface area contributed by atoms with Crippen molar-refractivity contribution in [2.24, 2.45) is 0 Å². The molecule has 35 heavy (non-hydrogen) atoms. The normalized spacial score (nSPS) is 14.9. The predicted octanol–water partition coefficient (Wildman–Crippen LogP) is 5.30. The first-order valence-corrected chi connectivity index (χ1v) is 11.7. The molecule has 0 fully saturated rings. The zero-order chi connectivity index (χ0) is 24.5. The second-order valence-corrected chi connectivity index (χ2v) is 8.65. The maximum atomic E-state index is 13.8. The van der Waals surface area contributed by atoms with Crippen LogP contribution in [0.15, 0.2) is 75.9 Å². The molecular weight excluding hydrogens is 442 g/mol. The van der Waals surface area contributed by atoms with E-state index in [0.29, 0.717) is 47.6 Å². The fraction of sp³-hybridized carbons (Fsp3) is 0.241. The van der Waals surface area contributed by atoms with Crippen molar-refractivity contribution < 1.29 is 18.7 Å². The van der Waals surface area contributed by atoms with Crippen molar-refractivity contribution in [3.8, 4) is 11.5 Å². The molecule has 0 bridgehead atoms. The van der Waals surface area contributed by atoms with Crippen molar-refractivity contribution in [1.82, 2.24) is 4.90 Å². The molecule has 1 amide bonds. The molecule has 3 aromatic carbocycles. The van der Waals surface area contributed by atoms with Gasteiger partial charge in [0.15, 0.2) is 16.9 Å². The Labute approximate surface area is 203 Å². The monoisotopic (exact) mass is 469 g/mol. The van der Waals surface area contributed by atoms with Crippen molar-refractivity contribution in [3.05, 3.63) is 105 Å². The average Bonchev–Trinajstić information content (AvgIpc) is 3.16. The van der Waals surface area contributed by atoms with Crippen LogP contribution in [-0.2, 0) is 6.42 Å². The van der Waals surface area contributed by atoms with Crippen molar-refractivity contribution in [1.29, 1.82) is 0 Å². The SMILES string of the molecule is CCOc1ccc(C2c3c(oc4ccc(C)cc4c3=O)C(=O)N2CCc2ccccc2)cc1OC. The van der Waals surface area contributed by atoms with Gasteiger partial charge in [-0.1, -0.05) is 48.0 Å². The van der Waals surface area contributed by atoms with E-state index in [9.17, 15) is 9.59 Å². The Hall–Kier alpha value is -4.06. The standard InChI is InChI=1S/C29H27NO5/c1-4-34-23-13-11-20(17-24(23)33-3)26-25-27(31)21-16-18(2)10-12-22(21)35-28(25)29(32)30(26)15-14-19-8-6-5-7-9-19/h5-13,16-17,26H,4,14-15H2,1-3H3. The van der Waals surface area contributed by atoms with Gasteiger partial charge >= 0.3 is 0 Å². The van der Waals surface area contributed by atoms with Crippen molar-refractivity contribution in [2.75, 3.05) is 20.3 Å². The Morgan fingerprint density at radius 2 is 1.77 bits per heavy atom. The summed E-state index contributed by atoms with van der Waals surface area (Å²) in [5, 5.41) is 0.476. The van der Waals surface area contributed by atoms with Gasteiger partial charge in [0.05, 0.1) is 30.7 Å². The number of hydrogen-bond acceptors (Lipinski definition) is 5. The number of rotatable bonds is 7. The highest BCUT2D eigenvalue weighted by Gasteiger charge is 2.42. The molecule has 1 aliphatic rings. The molecule has 5 rings (SSSR count). The highest BCUT2D eigenvalue weighted by atomic mass is 16.5. The van der Waals surface area contributed by atoms with Crippen molar-refractivity contribution >= 4 is 16.9 Å². The first-order valence-electron chi connectivity index (χ1n) is 11.7. The summed E-state index contributed by atoms with van der Waals surface area (Å²) < 4.78 is 17.3. The van der Waals surface area contributed by atoms with E-state index in [4.69, 9.17) is 13.9 Å². The molecule has 1 atom stereocenters. The zero-order valence-corrected chi connectivity index (χ0v) is 20.0. The van der Waals surface area contributed by atoms with Crippen LogP contribution in [0.4, 0.5) is 0 Å². The molecule has 4 aromatic rings. The first kappa shape index (κ1) is 22.7. The third kappa shape index (κ3) is 4.05. The van der Waals surface area contributed by atoms with Gasteiger partial charge in [-0.15, -0.1) is 0 Å². The van der Waals surface area contributed by atoms with Gasteiger partial charge in [-0.2, -0.15) is 0 Å². The lowest BCUT2D eigenvalue weighted by Crippen LogP contribution is -2.31. The molecule has 0 aliphatic carbocycles. The van der Waals surface area contributed by atoms with Gasteiger partial charge in [-0.3, -0.25) is 9.59 Å². The minimum absolute atomic E-state index is 0.109. The summed E-state index contributed by atoms with van der Waals surface area (Å²) in [6.45, 7) is 4.77. The average molecular weight is 470 g/mol. The van der Waals surface area contributed by atoms with Crippen LogP contribution in [0.1, 0.15) is 45.8 Å². The molecule has 0 saturated heterocycles. The third-order valence-electron chi connectivity index (χ3n) is 6.41. The molecule has 1 unspecified atom stereocenters. The van der Waals surface area contributed by atoms with E-state index in [-0.39, 0.29) is 17.1 Å². The van der Waals surface area contributed by atoms with Crippen molar-refractivity contribution in [2.45, 2.75) is 26.3 Å². The Bertz CT molecular complexity index is 1460. The molecular formula is C29H27NO5. The number of benzene rings is 3. The summed E-state index contributed by atoms with van der Waals surface area (Å²) in [4.78, 5) is 29.1. The van der Waals surface area contributed by atoms with Gasteiger partial charge in [0.1, 0.15) is 5.58 Å². The Morgan fingerprint density at radius 3 is 2.51 bits per heavy atom. The number of hydrogen-bond donors (Lipinski definition) is 0. The quantitative estimate of drug-likeness (QED) is 0.368. The largest absolute Gasteiger partial charge is 0.493 e. The maximum absolute atomic E-state index is 13.8. The summed E-state index contributed by atoms with van der Waals surface area (Å²) >= 11 is 0. The second kappa shape index (κ2) is 9.29. The van der Waals surface area contributed by atoms with Crippen LogP contribution < -0.4 is 14.9 Å². The molecule has 0 radical (unpaired) electrons. The summed E-state index contributed by atoms with van der Waals surface area (Å²) in [6, 6.07) is 20.4. The number of nitrogens with zero attached hydrogens (tertiary/aromatic N) is 1. The van der Waals surface area contributed by atoms with E-state index >= 15 is 0 Å². The highest BCUT2D eigenvalue weighted by molar-refractivity contribution is 5.99. The molecule has 6 heteroatoms. The molecule has 0 N–H and O–H groups in total. The van der Waals surface area contributed by atoms with Gasteiger partial charge in [0.25, 0.3) is 5.91 Å². The zero-order valence-electron chi connectivity index (χ0n) is 20.0. The van der Waals surface area contributed by atoms with Crippen LogP contribution in [0.2, 0.25) is 0 Å². The maximum Gasteiger partial charge on any atom is 0.290 e. The lowest BCUT2D eigenvalue weighted by molar-refractivity contribution is 0.0730. The van der Waals surface area contributed by atoms with E-state index in [2.05, 4.69) is 0 Å². The summed E-state index contributed by atoms with van der Waals surface area (Å²) in [5.41, 5.74) is 3.43. The van der Waals surface area contributed by atoms with E-state index < -0.39 is 6.04 Å². The summed E-state index contributed by atoms with van der Waals surface area (Å²) in [7, 11) is 1.58. The molecule has 6 nitrogen and oxygen atoms in total. The van der Waals surface area contributed by atoms with E-state index in [1.807, 2.05) is 74.5 Å². The third-order valence-corrected chi connectivity index (χ3v) is 6.41. The number of carbonyl (C=O) groups is 1. The minimum atomic E-state index is -0.591. The first-order chi connectivity index (χ1) is 17.0. The summed E-state index contributed by atoms with van der Waals surface area (Å²) in [5.74, 6) is 0.986. The second-order valence-electron chi connectivity index (χ2n) is 8.65. The lowest BCUT2D eigenvalue weighted by atomic mass is 9.97. The van der Waals surface area contributed by atoms with Gasteiger partial charge in [0.2, 0.25) is 5.76 Å². The highest BCUT2D eigenvalue weighted by Crippen LogP contribution is 2.41. The number of methoxy groups -OCH3 is 1. The van der Waals surface area contributed by atoms with Gasteiger partial charge in [-0.05, 0) is 55.7 Å². The molecule has 1 aliphatic heterocycles. The van der Waals surface area contributed by atoms with E-state index in [0.717, 1.165) is 16.7 Å².